The van der Waals surface area contributed by atoms with E-state index < -0.39 is 42.5 Å². The van der Waals surface area contributed by atoms with Crippen LogP contribution in [0.2, 0.25) is 0 Å². The molecule has 0 amide bonds. The van der Waals surface area contributed by atoms with Gasteiger partial charge in [-0.2, -0.15) is 37.0 Å². The molecule has 5 aromatic carbocycles. The second-order valence-electron chi connectivity index (χ2n) is 14.4. The van der Waals surface area contributed by atoms with Crippen molar-refractivity contribution in [3.05, 3.63) is 143 Å². The summed E-state index contributed by atoms with van der Waals surface area (Å²) in [6, 6.07) is 24.5. The number of nitrogens with one attached hydrogen (secondary N) is 1. The summed E-state index contributed by atoms with van der Waals surface area (Å²) in [7, 11) is -7.85. The average molecular weight is 947 g/mol. The van der Waals surface area contributed by atoms with E-state index in [0.717, 1.165) is 17.7 Å². The van der Waals surface area contributed by atoms with Crippen LogP contribution < -0.4 is 19.5 Å². The van der Waals surface area contributed by atoms with E-state index in [0.29, 0.717) is 42.1 Å². The van der Waals surface area contributed by atoms with E-state index in [-0.39, 0.29) is 84.2 Å². The topological polar surface area (TPSA) is 257 Å². The number of azo groups is 2. The minimum Gasteiger partial charge on any atom is -0.495 e. The number of hydrogen-bond donors (Lipinski definition) is 4. The predicted molar refractivity (Wildman–Crippen MR) is 238 cm³/mol. The van der Waals surface area contributed by atoms with Crippen LogP contribution in [0.4, 0.5) is 37.5 Å². The van der Waals surface area contributed by atoms with Gasteiger partial charge in [-0.15, -0.1) is 10.2 Å². The Labute approximate surface area is 379 Å². The first-order valence-electron chi connectivity index (χ1n) is 20.2. The standard InChI is InChI=1S/C44H44F2N8O10S2/c1-3-16-63-39-24-36(53-51-32-12-10-29(27-55)11-13-32)34(45)19-30(39)21-42-48-43(50-44(49-42)47-26-28-8-5-4-6-9-28)22-31-20-35(46)37(25-40(31)64-17-7-18-65(56,57)58)54-52-33-14-15-38(62-2)41(23-33)66(59,60)61/h4-6,8-15,19-20,23-25,55H,3,7,16-18,21-22,26-27H2,1-2H3,(H,56,57,58)(H,59,60,61)(H,47,48,49,50). The van der Waals surface area contributed by atoms with Crippen LogP contribution in [0.25, 0.3) is 0 Å². The number of benzene rings is 5. The summed E-state index contributed by atoms with van der Waals surface area (Å²) in [4.78, 5) is 13.3. The number of aliphatic hydroxyl groups excluding tert-OH is 1. The summed E-state index contributed by atoms with van der Waals surface area (Å²) in [6.45, 7) is 2.13. The maximum atomic E-state index is 15.9. The fraction of sp³-hybridized carbons (Fsp3) is 0.250. The van der Waals surface area contributed by atoms with Gasteiger partial charge in [0.1, 0.15) is 45.2 Å². The normalized spacial score (nSPS) is 11.9. The molecular weight excluding hydrogens is 903 g/mol. The fourth-order valence-corrected chi connectivity index (χ4v) is 7.30. The van der Waals surface area contributed by atoms with Crippen LogP contribution in [0.5, 0.6) is 17.2 Å². The fourth-order valence-electron chi connectivity index (χ4n) is 6.15. The Kier molecular flexibility index (Phi) is 16.5. The molecule has 4 N–H and O–H groups in total. The molecule has 0 aliphatic heterocycles. The summed E-state index contributed by atoms with van der Waals surface area (Å²) in [6.07, 6.45) is 0.265. The van der Waals surface area contributed by atoms with Gasteiger partial charge in [0.15, 0.2) is 11.6 Å². The first kappa shape index (κ1) is 48.6. The Hall–Kier alpha value is -6.85. The molecule has 0 aliphatic rings. The van der Waals surface area contributed by atoms with Crippen molar-refractivity contribution in [2.24, 2.45) is 20.5 Å². The lowest BCUT2D eigenvalue weighted by molar-refractivity contribution is 0.282. The van der Waals surface area contributed by atoms with Gasteiger partial charge in [0, 0.05) is 42.6 Å². The van der Waals surface area contributed by atoms with Crippen LogP contribution in [-0.2, 0) is 46.2 Å². The molecular formula is C44H44F2N8O10S2. The second kappa shape index (κ2) is 22.4. The van der Waals surface area contributed by atoms with Crippen molar-refractivity contribution in [1.82, 2.24) is 15.0 Å². The van der Waals surface area contributed by atoms with Crippen LogP contribution in [0.1, 0.15) is 53.7 Å². The molecule has 22 heteroatoms. The Morgan fingerprint density at radius 1 is 0.667 bits per heavy atom. The molecule has 0 spiro atoms. The molecule has 0 aliphatic carbocycles. The molecule has 0 fully saturated rings. The summed E-state index contributed by atoms with van der Waals surface area (Å²) in [5, 5.41) is 28.6. The maximum absolute atomic E-state index is 15.9. The van der Waals surface area contributed by atoms with E-state index in [1.807, 2.05) is 37.3 Å². The Morgan fingerprint density at radius 2 is 1.24 bits per heavy atom. The molecule has 0 atom stereocenters. The highest BCUT2D eigenvalue weighted by molar-refractivity contribution is 7.86. The number of nitrogens with zero attached hydrogens (tertiary/aromatic N) is 7. The Bertz CT molecular complexity index is 2930. The van der Waals surface area contributed by atoms with Gasteiger partial charge < -0.3 is 24.6 Å². The summed E-state index contributed by atoms with van der Waals surface area (Å²) < 4.78 is 114. The van der Waals surface area contributed by atoms with Gasteiger partial charge in [-0.3, -0.25) is 9.11 Å². The monoisotopic (exact) mass is 946 g/mol. The lowest BCUT2D eigenvalue weighted by Gasteiger charge is -2.15. The number of aromatic nitrogens is 3. The van der Waals surface area contributed by atoms with E-state index in [1.54, 1.807) is 24.3 Å². The van der Waals surface area contributed by atoms with Crippen LogP contribution in [-0.4, -0.2) is 72.1 Å². The summed E-state index contributed by atoms with van der Waals surface area (Å²) >= 11 is 0. The van der Waals surface area contributed by atoms with Crippen molar-refractivity contribution in [3.63, 3.8) is 0 Å². The SMILES string of the molecule is CCCOc1cc(N=Nc2ccc(CO)cc2)c(F)cc1Cc1nc(Cc2cc(F)c(N=Nc3ccc(OC)c(S(=O)(=O)O)c3)cc2OCCCS(=O)(=O)O)nc(NCc2ccccc2)n1. The van der Waals surface area contributed by atoms with E-state index in [2.05, 4.69) is 40.7 Å². The first-order valence-corrected chi connectivity index (χ1v) is 23.2. The van der Waals surface area contributed by atoms with Gasteiger partial charge in [-0.05, 0) is 66.4 Å². The van der Waals surface area contributed by atoms with Gasteiger partial charge in [0.05, 0.1) is 44.1 Å². The van der Waals surface area contributed by atoms with Gasteiger partial charge in [0.25, 0.3) is 20.2 Å². The zero-order valence-electron chi connectivity index (χ0n) is 35.5. The molecule has 1 aromatic heterocycles. The lowest BCUT2D eigenvalue weighted by Crippen LogP contribution is -2.12. The van der Waals surface area contributed by atoms with Crippen molar-refractivity contribution in [2.75, 3.05) is 31.4 Å². The molecule has 6 rings (SSSR count). The highest BCUT2D eigenvalue weighted by atomic mass is 32.2. The van der Waals surface area contributed by atoms with E-state index in [9.17, 15) is 31.0 Å². The number of rotatable bonds is 22. The van der Waals surface area contributed by atoms with E-state index >= 15 is 8.78 Å². The van der Waals surface area contributed by atoms with Crippen molar-refractivity contribution >= 4 is 48.9 Å². The number of hydrogen-bond acceptors (Lipinski definition) is 16. The molecule has 66 heavy (non-hydrogen) atoms. The molecule has 6 aromatic rings. The Morgan fingerprint density at radius 3 is 1.79 bits per heavy atom. The summed E-state index contributed by atoms with van der Waals surface area (Å²) in [5.74, 6) is -1.62. The smallest absolute Gasteiger partial charge is 0.298 e. The van der Waals surface area contributed by atoms with Gasteiger partial charge in [-0.25, -0.2) is 13.8 Å². The second-order valence-corrected chi connectivity index (χ2v) is 17.3. The Balaban J connectivity index is 1.36. The predicted octanol–water partition coefficient (Wildman–Crippen LogP) is 8.97. The first-order chi connectivity index (χ1) is 31.6. The molecule has 18 nitrogen and oxygen atoms in total. The minimum absolute atomic E-state index is 0.0150. The third-order valence-electron chi connectivity index (χ3n) is 9.33. The van der Waals surface area contributed by atoms with E-state index in [1.165, 1.54) is 37.4 Å². The molecule has 1 heterocycles. The number of anilines is 1. The highest BCUT2D eigenvalue weighted by Crippen LogP contribution is 2.35. The minimum atomic E-state index is -4.73. The van der Waals surface area contributed by atoms with Gasteiger partial charge in [-0.1, -0.05) is 49.4 Å². The molecule has 0 saturated carbocycles. The molecule has 346 valence electrons. The third kappa shape index (κ3) is 14.1. The van der Waals surface area contributed by atoms with Crippen molar-refractivity contribution < 1.29 is 54.0 Å². The van der Waals surface area contributed by atoms with Crippen LogP contribution >= 0.6 is 0 Å². The number of ether oxygens (including phenoxy) is 3. The molecule has 0 radical (unpaired) electrons. The zero-order valence-corrected chi connectivity index (χ0v) is 37.1. The lowest BCUT2D eigenvalue weighted by atomic mass is 10.1. The maximum Gasteiger partial charge on any atom is 0.298 e. The number of halogens is 2. The van der Waals surface area contributed by atoms with Gasteiger partial charge in [0.2, 0.25) is 5.95 Å². The third-order valence-corrected chi connectivity index (χ3v) is 11.0. The molecule has 0 saturated heterocycles. The molecule has 0 bridgehead atoms. The average Bonchev–Trinajstić information content (AvgIpc) is 3.29. The van der Waals surface area contributed by atoms with Gasteiger partial charge >= 0.3 is 0 Å². The van der Waals surface area contributed by atoms with E-state index in [4.69, 9.17) is 14.2 Å². The van der Waals surface area contributed by atoms with Crippen molar-refractivity contribution in [2.45, 2.75) is 50.7 Å². The number of methoxy groups -OCH3 is 1. The van der Waals surface area contributed by atoms with Crippen molar-refractivity contribution in [3.8, 4) is 17.2 Å². The van der Waals surface area contributed by atoms with Crippen LogP contribution in [0, 0.1) is 11.6 Å². The van der Waals surface area contributed by atoms with Crippen LogP contribution in [0.3, 0.4) is 0 Å². The zero-order chi connectivity index (χ0) is 47.3. The van der Waals surface area contributed by atoms with Crippen LogP contribution in [0.15, 0.2) is 122 Å². The summed E-state index contributed by atoms with van der Waals surface area (Å²) in [5.41, 5.74) is 2.06. The highest BCUT2D eigenvalue weighted by Gasteiger charge is 2.20. The molecule has 0 unspecified atom stereocenters. The quantitative estimate of drug-likeness (QED) is 0.0281. The van der Waals surface area contributed by atoms with Crippen molar-refractivity contribution in [1.29, 1.82) is 0 Å². The largest absolute Gasteiger partial charge is 0.495 e. The number of aliphatic hydroxyl groups is 1.